The summed E-state index contributed by atoms with van der Waals surface area (Å²) >= 11 is 0. The predicted octanol–water partition coefficient (Wildman–Crippen LogP) is 1.79. The molecule has 0 amide bonds. The van der Waals surface area contributed by atoms with Gasteiger partial charge in [-0.1, -0.05) is 6.07 Å². The molecular formula is C16H17FN4O. The predicted molar refractivity (Wildman–Crippen MR) is 78.4 cm³/mol. The number of nitriles is 1. The van der Waals surface area contributed by atoms with Crippen LogP contribution in [0.1, 0.15) is 11.1 Å². The fourth-order valence-electron chi connectivity index (χ4n) is 2.64. The van der Waals surface area contributed by atoms with Crippen molar-refractivity contribution in [1.82, 2.24) is 14.7 Å². The highest BCUT2D eigenvalue weighted by Crippen LogP contribution is 2.15. The maximum atomic E-state index is 14.0. The zero-order chi connectivity index (χ0) is 15.4. The molecule has 0 bridgehead atoms. The summed E-state index contributed by atoms with van der Waals surface area (Å²) in [5.41, 5.74) is 0.957. The number of aromatic nitrogens is 2. The number of morpholine rings is 1. The first kappa shape index (κ1) is 14.7. The molecule has 114 valence electrons. The van der Waals surface area contributed by atoms with E-state index in [0.717, 1.165) is 13.1 Å². The minimum atomic E-state index is -0.325. The molecule has 6 heteroatoms. The Labute approximate surface area is 128 Å². The molecule has 1 aromatic heterocycles. The molecular weight excluding hydrogens is 283 g/mol. The molecule has 1 aliphatic heterocycles. The second-order valence-electron chi connectivity index (χ2n) is 5.37. The van der Waals surface area contributed by atoms with Crippen LogP contribution in [0.4, 0.5) is 4.39 Å². The normalized spacial score (nSPS) is 19.0. The van der Waals surface area contributed by atoms with Gasteiger partial charge in [0.1, 0.15) is 5.82 Å². The van der Waals surface area contributed by atoms with Crippen molar-refractivity contribution in [2.24, 2.45) is 0 Å². The van der Waals surface area contributed by atoms with Crippen molar-refractivity contribution in [2.45, 2.75) is 19.2 Å². The monoisotopic (exact) mass is 300 g/mol. The van der Waals surface area contributed by atoms with E-state index in [1.165, 1.54) is 6.07 Å². The van der Waals surface area contributed by atoms with Crippen molar-refractivity contribution in [3.8, 4) is 6.07 Å². The van der Waals surface area contributed by atoms with Crippen LogP contribution < -0.4 is 0 Å². The van der Waals surface area contributed by atoms with E-state index in [9.17, 15) is 4.39 Å². The minimum absolute atomic E-state index is 0.0510. The number of benzene rings is 1. The van der Waals surface area contributed by atoms with Crippen molar-refractivity contribution < 1.29 is 9.13 Å². The summed E-state index contributed by atoms with van der Waals surface area (Å²) in [4.78, 5) is 2.17. The SMILES string of the molecule is N#Cc1ccc(CN2CCO[C@H](Cn3cccn3)C2)c(F)c1. The maximum absolute atomic E-state index is 14.0. The average molecular weight is 300 g/mol. The Hall–Kier alpha value is -2.23. The summed E-state index contributed by atoms with van der Waals surface area (Å²) in [6.07, 6.45) is 3.70. The molecule has 22 heavy (non-hydrogen) atoms. The van der Waals surface area contributed by atoms with Crippen LogP contribution in [0.25, 0.3) is 0 Å². The second-order valence-corrected chi connectivity index (χ2v) is 5.37. The van der Waals surface area contributed by atoms with Gasteiger partial charge in [-0.05, 0) is 18.2 Å². The number of ether oxygens (including phenoxy) is 1. The van der Waals surface area contributed by atoms with Crippen LogP contribution in [-0.2, 0) is 17.8 Å². The lowest BCUT2D eigenvalue weighted by molar-refractivity contribution is -0.0404. The van der Waals surface area contributed by atoms with Crippen LogP contribution in [0, 0.1) is 17.1 Å². The Kier molecular flexibility index (Phi) is 4.47. The summed E-state index contributed by atoms with van der Waals surface area (Å²) < 4.78 is 21.6. The largest absolute Gasteiger partial charge is 0.374 e. The van der Waals surface area contributed by atoms with Gasteiger partial charge in [0.2, 0.25) is 0 Å². The first-order chi connectivity index (χ1) is 10.7. The standard InChI is InChI=1S/C16H17FN4O/c17-16-8-13(9-18)2-3-14(16)10-20-6-7-22-15(11-20)12-21-5-1-4-19-21/h1-5,8,15H,6-7,10-12H2/t15-/m0/s1. The number of halogens is 1. The van der Waals surface area contributed by atoms with Crippen LogP contribution in [0.15, 0.2) is 36.7 Å². The van der Waals surface area contributed by atoms with E-state index in [1.54, 1.807) is 18.3 Å². The number of rotatable bonds is 4. The summed E-state index contributed by atoms with van der Waals surface area (Å²) in [7, 11) is 0. The summed E-state index contributed by atoms with van der Waals surface area (Å²) in [5.74, 6) is -0.325. The van der Waals surface area contributed by atoms with Crippen LogP contribution in [-0.4, -0.2) is 40.5 Å². The van der Waals surface area contributed by atoms with Gasteiger partial charge in [0, 0.05) is 37.6 Å². The molecule has 1 atom stereocenters. The lowest BCUT2D eigenvalue weighted by Crippen LogP contribution is -2.43. The van der Waals surface area contributed by atoms with Crippen molar-refractivity contribution in [3.63, 3.8) is 0 Å². The third-order valence-corrected chi connectivity index (χ3v) is 3.75. The third-order valence-electron chi connectivity index (χ3n) is 3.75. The average Bonchev–Trinajstić information content (AvgIpc) is 3.02. The van der Waals surface area contributed by atoms with Crippen molar-refractivity contribution in [1.29, 1.82) is 5.26 Å². The van der Waals surface area contributed by atoms with Gasteiger partial charge in [0.05, 0.1) is 30.9 Å². The molecule has 0 N–H and O–H groups in total. The fourth-order valence-corrected chi connectivity index (χ4v) is 2.64. The highest BCUT2D eigenvalue weighted by molar-refractivity contribution is 5.32. The smallest absolute Gasteiger partial charge is 0.129 e. The highest BCUT2D eigenvalue weighted by Gasteiger charge is 2.21. The molecule has 1 aromatic carbocycles. The van der Waals surface area contributed by atoms with Gasteiger partial charge in [0.15, 0.2) is 0 Å². The van der Waals surface area contributed by atoms with E-state index >= 15 is 0 Å². The highest BCUT2D eigenvalue weighted by atomic mass is 19.1. The first-order valence-corrected chi connectivity index (χ1v) is 7.24. The van der Waals surface area contributed by atoms with Gasteiger partial charge >= 0.3 is 0 Å². The minimum Gasteiger partial charge on any atom is -0.374 e. The second kappa shape index (κ2) is 6.69. The Morgan fingerprint density at radius 3 is 3.09 bits per heavy atom. The van der Waals surface area contributed by atoms with E-state index in [2.05, 4.69) is 10.00 Å². The van der Waals surface area contributed by atoms with Crippen molar-refractivity contribution >= 4 is 0 Å². The molecule has 0 saturated carbocycles. The molecule has 2 heterocycles. The topological polar surface area (TPSA) is 54.1 Å². The van der Waals surface area contributed by atoms with Crippen LogP contribution in [0.3, 0.4) is 0 Å². The van der Waals surface area contributed by atoms with Gasteiger partial charge in [-0.2, -0.15) is 10.4 Å². The third kappa shape index (κ3) is 3.50. The summed E-state index contributed by atoms with van der Waals surface area (Å²) in [6, 6.07) is 8.46. The van der Waals surface area contributed by atoms with Gasteiger partial charge in [-0.25, -0.2) is 4.39 Å². The zero-order valence-corrected chi connectivity index (χ0v) is 12.2. The Bertz CT molecular complexity index is 665. The summed E-state index contributed by atoms with van der Waals surface area (Å²) in [5, 5.41) is 13.0. The number of nitrogens with zero attached hydrogens (tertiary/aromatic N) is 4. The van der Waals surface area contributed by atoms with E-state index in [-0.39, 0.29) is 11.9 Å². The molecule has 5 nitrogen and oxygen atoms in total. The Morgan fingerprint density at radius 1 is 1.45 bits per heavy atom. The molecule has 0 radical (unpaired) electrons. The molecule has 3 rings (SSSR count). The van der Waals surface area contributed by atoms with E-state index < -0.39 is 0 Å². The molecule has 1 fully saturated rings. The molecule has 1 aliphatic rings. The van der Waals surface area contributed by atoms with E-state index in [4.69, 9.17) is 10.00 Å². The van der Waals surface area contributed by atoms with Crippen LogP contribution in [0.5, 0.6) is 0 Å². The summed E-state index contributed by atoms with van der Waals surface area (Å²) in [6.45, 7) is 3.36. The lowest BCUT2D eigenvalue weighted by atomic mass is 10.1. The molecule has 2 aromatic rings. The number of hydrogen-bond donors (Lipinski definition) is 0. The Morgan fingerprint density at radius 2 is 2.36 bits per heavy atom. The fraction of sp³-hybridized carbons (Fsp3) is 0.375. The van der Waals surface area contributed by atoms with Crippen LogP contribution >= 0.6 is 0 Å². The van der Waals surface area contributed by atoms with Crippen LogP contribution in [0.2, 0.25) is 0 Å². The van der Waals surface area contributed by atoms with E-state index in [1.807, 2.05) is 23.0 Å². The van der Waals surface area contributed by atoms with Gasteiger partial charge in [-0.15, -0.1) is 0 Å². The van der Waals surface area contributed by atoms with E-state index in [0.29, 0.717) is 30.8 Å². The van der Waals surface area contributed by atoms with Gasteiger partial charge in [-0.3, -0.25) is 9.58 Å². The first-order valence-electron chi connectivity index (χ1n) is 7.24. The Balaban J connectivity index is 1.61. The van der Waals surface area contributed by atoms with Gasteiger partial charge in [0.25, 0.3) is 0 Å². The quantitative estimate of drug-likeness (QED) is 0.864. The van der Waals surface area contributed by atoms with Crippen molar-refractivity contribution in [2.75, 3.05) is 19.7 Å². The van der Waals surface area contributed by atoms with Crippen molar-refractivity contribution in [3.05, 3.63) is 53.6 Å². The maximum Gasteiger partial charge on any atom is 0.129 e. The zero-order valence-electron chi connectivity index (χ0n) is 12.2. The molecule has 0 unspecified atom stereocenters. The lowest BCUT2D eigenvalue weighted by Gasteiger charge is -2.33. The molecule has 1 saturated heterocycles. The van der Waals surface area contributed by atoms with Gasteiger partial charge < -0.3 is 4.74 Å². The number of hydrogen-bond acceptors (Lipinski definition) is 4. The molecule has 0 spiro atoms. The molecule has 0 aliphatic carbocycles.